The van der Waals surface area contributed by atoms with Crippen molar-refractivity contribution >= 4 is 23.9 Å². The summed E-state index contributed by atoms with van der Waals surface area (Å²) in [5.41, 5.74) is 3.13. The van der Waals surface area contributed by atoms with Crippen molar-refractivity contribution in [2.45, 2.75) is 177 Å². The van der Waals surface area contributed by atoms with Crippen molar-refractivity contribution in [1.82, 2.24) is 0 Å². The number of hydrogen-bond acceptors (Lipinski definition) is 11. The number of carbonyl (C=O) groups is 4. The number of aliphatic hydroxyl groups excluding tert-OH is 1. The van der Waals surface area contributed by atoms with Crippen LogP contribution in [0, 0.1) is 50.7 Å². The van der Waals surface area contributed by atoms with Gasteiger partial charge in [0.1, 0.15) is 12.7 Å². The standard InChI is InChI=1S/C44H68O11/c1-24(2)29-14-19-44(23-51-39-38(54-28(6)48)37(53-27(5)47)36(52-26(4)46)31(55-39)22-50-25(3)45)21-20-42(10)30(35(29)44)12-13-33-41(9)17-16-34(49)40(7,8)32(41)15-18-43(33,42)11/h24,30-34,36-39,49H,12-23H2,1-11H3/t30-,31-,32+,33-,34+,36-,37+,38-,39-,41+,42-,43-,44-/m1/s1. The summed E-state index contributed by atoms with van der Waals surface area (Å²) in [7, 11) is 0. The molecule has 6 rings (SSSR count). The van der Waals surface area contributed by atoms with Crippen molar-refractivity contribution in [1.29, 1.82) is 0 Å². The molecule has 13 atom stereocenters. The van der Waals surface area contributed by atoms with Crippen molar-refractivity contribution < 1.29 is 52.7 Å². The molecule has 5 fully saturated rings. The lowest BCUT2D eigenvalue weighted by atomic mass is 9.33. The Morgan fingerprint density at radius 2 is 1.36 bits per heavy atom. The van der Waals surface area contributed by atoms with E-state index in [1.807, 2.05) is 0 Å². The Morgan fingerprint density at radius 3 is 1.98 bits per heavy atom. The second kappa shape index (κ2) is 15.0. The predicted octanol–water partition coefficient (Wildman–Crippen LogP) is 7.25. The van der Waals surface area contributed by atoms with Crippen molar-refractivity contribution in [3.05, 3.63) is 11.1 Å². The van der Waals surface area contributed by atoms with Gasteiger partial charge in [0.15, 0.2) is 24.6 Å². The van der Waals surface area contributed by atoms with E-state index in [0.29, 0.717) is 30.3 Å². The van der Waals surface area contributed by atoms with Gasteiger partial charge in [-0.25, -0.2) is 0 Å². The van der Waals surface area contributed by atoms with Crippen molar-refractivity contribution in [2.75, 3.05) is 13.2 Å². The van der Waals surface area contributed by atoms with Crippen LogP contribution in [0.2, 0.25) is 0 Å². The quantitative estimate of drug-likeness (QED) is 0.144. The van der Waals surface area contributed by atoms with Gasteiger partial charge in [0.05, 0.1) is 12.7 Å². The van der Waals surface area contributed by atoms with E-state index in [0.717, 1.165) is 51.4 Å². The van der Waals surface area contributed by atoms with Gasteiger partial charge in [0.2, 0.25) is 0 Å². The molecule has 55 heavy (non-hydrogen) atoms. The summed E-state index contributed by atoms with van der Waals surface area (Å²) in [4.78, 5) is 49.2. The van der Waals surface area contributed by atoms with Gasteiger partial charge in [-0.05, 0) is 110 Å². The third-order valence-electron chi connectivity index (χ3n) is 16.3. The average molecular weight is 773 g/mol. The Labute approximate surface area is 328 Å². The Morgan fingerprint density at radius 1 is 0.727 bits per heavy atom. The highest BCUT2D eigenvalue weighted by molar-refractivity contribution is 5.68. The molecule has 5 aliphatic carbocycles. The van der Waals surface area contributed by atoms with E-state index in [-0.39, 0.29) is 39.8 Å². The van der Waals surface area contributed by atoms with Crippen molar-refractivity contribution in [2.24, 2.45) is 50.7 Å². The molecule has 0 spiro atoms. The van der Waals surface area contributed by atoms with Gasteiger partial charge in [-0.1, -0.05) is 59.6 Å². The van der Waals surface area contributed by atoms with Gasteiger partial charge in [0, 0.05) is 33.1 Å². The molecule has 1 aliphatic heterocycles. The third kappa shape index (κ3) is 7.08. The summed E-state index contributed by atoms with van der Waals surface area (Å²) in [5, 5.41) is 11.2. The molecule has 1 N–H and O–H groups in total. The fourth-order valence-electron chi connectivity index (χ4n) is 13.6. The summed E-state index contributed by atoms with van der Waals surface area (Å²) in [6.07, 6.45) is 4.27. The SMILES string of the molecule is CC(=O)OC[C@H]1O[C@@H](OC[C@]23CCC(C(C)C)=C2[C@H]2CC[C@@H]4[C@@]5(C)CC[C@H](O)C(C)(C)[C@@H]5CC[C@@]4(C)[C@]2(C)CC3)[C@H](OC(C)=O)[C@@H](OC(C)=O)[C@@H]1OC(C)=O. The Hall–Kier alpha value is -2.50. The minimum Gasteiger partial charge on any atom is -0.463 e. The van der Waals surface area contributed by atoms with Gasteiger partial charge < -0.3 is 33.5 Å². The molecule has 0 unspecified atom stereocenters. The maximum atomic E-state index is 12.5. The molecule has 11 heteroatoms. The molecule has 0 radical (unpaired) electrons. The molecule has 0 aromatic carbocycles. The lowest BCUT2D eigenvalue weighted by Gasteiger charge is -2.72. The van der Waals surface area contributed by atoms with E-state index in [9.17, 15) is 24.3 Å². The van der Waals surface area contributed by atoms with Crippen LogP contribution in [-0.2, 0) is 47.6 Å². The second-order valence-electron chi connectivity index (χ2n) is 19.7. The average Bonchev–Trinajstić information content (AvgIpc) is 3.47. The molecular weight excluding hydrogens is 704 g/mol. The molecule has 0 amide bonds. The van der Waals surface area contributed by atoms with Crippen LogP contribution < -0.4 is 0 Å². The lowest BCUT2D eigenvalue weighted by molar-refractivity contribution is -0.313. The van der Waals surface area contributed by atoms with Gasteiger partial charge in [-0.3, -0.25) is 19.2 Å². The lowest BCUT2D eigenvalue weighted by Crippen LogP contribution is -2.66. The highest BCUT2D eigenvalue weighted by Gasteiger charge is 2.69. The molecule has 1 heterocycles. The van der Waals surface area contributed by atoms with E-state index in [4.69, 9.17) is 28.4 Å². The first kappa shape index (κ1) is 42.1. The topological polar surface area (TPSA) is 144 Å². The largest absolute Gasteiger partial charge is 0.463 e. The Bertz CT molecular complexity index is 1550. The molecule has 0 bridgehead atoms. The van der Waals surface area contributed by atoms with Crippen LogP contribution >= 0.6 is 0 Å². The van der Waals surface area contributed by atoms with Crippen LogP contribution in [0.25, 0.3) is 0 Å². The summed E-state index contributed by atoms with van der Waals surface area (Å²) in [6.45, 7) is 21.9. The third-order valence-corrected chi connectivity index (χ3v) is 16.3. The molecule has 4 saturated carbocycles. The van der Waals surface area contributed by atoms with Gasteiger partial charge in [0.25, 0.3) is 0 Å². The zero-order chi connectivity index (χ0) is 40.5. The molecule has 0 aromatic rings. The molecule has 0 aromatic heterocycles. The first-order chi connectivity index (χ1) is 25.6. The maximum absolute atomic E-state index is 12.5. The zero-order valence-corrected chi connectivity index (χ0v) is 35.3. The number of hydrogen-bond donors (Lipinski definition) is 1. The van der Waals surface area contributed by atoms with E-state index in [2.05, 4.69) is 48.5 Å². The monoisotopic (exact) mass is 772 g/mol. The predicted molar refractivity (Wildman–Crippen MR) is 203 cm³/mol. The molecule has 11 nitrogen and oxygen atoms in total. The summed E-state index contributed by atoms with van der Waals surface area (Å²) in [6, 6.07) is 0. The molecular formula is C44H68O11. The summed E-state index contributed by atoms with van der Waals surface area (Å²) in [5.74, 6) is -0.683. The van der Waals surface area contributed by atoms with Crippen LogP contribution in [0.1, 0.15) is 140 Å². The van der Waals surface area contributed by atoms with Crippen LogP contribution in [-0.4, -0.2) is 79.0 Å². The van der Waals surface area contributed by atoms with Gasteiger partial charge >= 0.3 is 23.9 Å². The number of allylic oxidation sites excluding steroid dienone is 1. The van der Waals surface area contributed by atoms with E-state index >= 15 is 0 Å². The van der Waals surface area contributed by atoms with E-state index < -0.39 is 54.6 Å². The number of aliphatic hydroxyl groups is 1. The minimum absolute atomic E-state index is 0.0851. The Kier molecular flexibility index (Phi) is 11.5. The van der Waals surface area contributed by atoms with Gasteiger partial charge in [-0.15, -0.1) is 0 Å². The number of carbonyl (C=O) groups excluding carboxylic acids is 4. The smallest absolute Gasteiger partial charge is 0.303 e. The zero-order valence-electron chi connectivity index (χ0n) is 35.3. The van der Waals surface area contributed by atoms with Crippen LogP contribution in [0.3, 0.4) is 0 Å². The van der Waals surface area contributed by atoms with Crippen molar-refractivity contribution in [3.8, 4) is 0 Å². The van der Waals surface area contributed by atoms with E-state index in [1.54, 1.807) is 5.57 Å². The number of esters is 4. The minimum atomic E-state index is -1.26. The first-order valence-electron chi connectivity index (χ1n) is 20.9. The maximum Gasteiger partial charge on any atom is 0.303 e. The summed E-state index contributed by atoms with van der Waals surface area (Å²) >= 11 is 0. The fraction of sp³-hybridized carbons (Fsp3) is 0.864. The second-order valence-corrected chi connectivity index (χ2v) is 19.7. The summed E-state index contributed by atoms with van der Waals surface area (Å²) < 4.78 is 35.6. The fourth-order valence-corrected chi connectivity index (χ4v) is 13.6. The molecule has 310 valence electrons. The van der Waals surface area contributed by atoms with E-state index in [1.165, 1.54) is 46.1 Å². The first-order valence-corrected chi connectivity index (χ1v) is 20.9. The molecule has 6 aliphatic rings. The van der Waals surface area contributed by atoms with Crippen LogP contribution in [0.5, 0.6) is 0 Å². The van der Waals surface area contributed by atoms with Gasteiger partial charge in [-0.2, -0.15) is 0 Å². The normalized spacial score (nSPS) is 43.3. The van der Waals surface area contributed by atoms with Crippen LogP contribution in [0.4, 0.5) is 0 Å². The highest BCUT2D eigenvalue weighted by atomic mass is 16.7. The molecule has 1 saturated heterocycles. The number of fused-ring (bicyclic) bond motifs is 7. The highest BCUT2D eigenvalue weighted by Crippen LogP contribution is 2.76. The van der Waals surface area contributed by atoms with Crippen molar-refractivity contribution in [3.63, 3.8) is 0 Å². The van der Waals surface area contributed by atoms with Crippen LogP contribution in [0.15, 0.2) is 11.1 Å². The Balaban J connectivity index is 1.33. The number of ether oxygens (including phenoxy) is 6. The number of rotatable bonds is 9.